The first-order chi connectivity index (χ1) is 5.40. The fraction of sp³-hybridized carbons (Fsp3) is 0.500. The van der Waals surface area contributed by atoms with Crippen molar-refractivity contribution in [2.24, 2.45) is 0 Å². The van der Waals surface area contributed by atoms with Gasteiger partial charge in [-0.15, -0.1) is 0 Å². The molecule has 0 rings (SSSR count). The van der Waals surface area contributed by atoms with Gasteiger partial charge in [-0.2, -0.15) is 0 Å². The van der Waals surface area contributed by atoms with Crippen molar-refractivity contribution in [2.75, 3.05) is 0 Å². The van der Waals surface area contributed by atoms with Crippen LogP contribution in [0.4, 0.5) is 0 Å². The van der Waals surface area contributed by atoms with Crippen LogP contribution in [-0.4, -0.2) is 23.0 Å². The van der Waals surface area contributed by atoms with Crippen molar-refractivity contribution >= 4 is 17.9 Å². The molecule has 8 heteroatoms. The van der Waals surface area contributed by atoms with Gasteiger partial charge in [0.2, 0.25) is 0 Å². The molecule has 0 bridgehead atoms. The topological polar surface area (TPSA) is 118 Å². The second kappa shape index (κ2) is 15.5. The second-order valence-electron chi connectivity index (χ2n) is 1.67. The van der Waals surface area contributed by atoms with Gasteiger partial charge in [0.1, 0.15) is 0 Å². The van der Waals surface area contributed by atoms with E-state index in [4.69, 9.17) is 5.11 Å². The summed E-state index contributed by atoms with van der Waals surface area (Å²) in [5.41, 5.74) is 0. The van der Waals surface area contributed by atoms with E-state index in [0.717, 1.165) is 0 Å². The molecular formula is C6H8LiNaO6. The first-order valence-corrected chi connectivity index (χ1v) is 3.01. The molecule has 70 valence electrons. The van der Waals surface area contributed by atoms with Crippen LogP contribution in [0.5, 0.6) is 0 Å². The Morgan fingerprint density at radius 3 is 1.36 bits per heavy atom. The van der Waals surface area contributed by atoms with E-state index >= 15 is 0 Å². The average molecular weight is 206 g/mol. The van der Waals surface area contributed by atoms with E-state index < -0.39 is 24.3 Å². The average Bonchev–Trinajstić information content (AvgIpc) is 1.85. The molecule has 0 atom stereocenters. The number of carboxylic acid groups (broad SMARTS) is 3. The molecular weight excluding hydrogens is 198 g/mol. The van der Waals surface area contributed by atoms with Gasteiger partial charge in [-0.1, -0.05) is 6.92 Å². The molecule has 0 spiro atoms. The monoisotopic (exact) mass is 206 g/mol. The molecule has 0 unspecified atom stereocenters. The maximum Gasteiger partial charge on any atom is 1.00 e. The number of carbonyl (C=O) groups excluding carboxylic acids is 2. The van der Waals surface area contributed by atoms with Gasteiger partial charge >= 0.3 is 54.4 Å². The minimum Gasteiger partial charge on any atom is -0.550 e. The molecule has 0 aliphatic rings. The van der Waals surface area contributed by atoms with Crippen molar-refractivity contribution in [3.8, 4) is 0 Å². The Morgan fingerprint density at radius 2 is 1.36 bits per heavy atom. The van der Waals surface area contributed by atoms with E-state index in [-0.39, 0.29) is 54.8 Å². The Labute approximate surface area is 115 Å². The van der Waals surface area contributed by atoms with Crippen molar-refractivity contribution in [1.82, 2.24) is 0 Å². The van der Waals surface area contributed by atoms with E-state index in [9.17, 15) is 24.6 Å². The summed E-state index contributed by atoms with van der Waals surface area (Å²) in [6, 6.07) is 0. The molecule has 0 fully saturated rings. The predicted molar refractivity (Wildman–Crippen MR) is 32.6 cm³/mol. The Hall–Kier alpha value is 0.00740. The van der Waals surface area contributed by atoms with E-state index in [0.29, 0.717) is 0 Å². The quantitative estimate of drug-likeness (QED) is 0.362. The summed E-state index contributed by atoms with van der Waals surface area (Å²) in [6.45, 7) is 1.60. The van der Waals surface area contributed by atoms with Crippen LogP contribution >= 0.6 is 0 Å². The number of rotatable bonds is 3. The molecule has 0 aromatic carbocycles. The van der Waals surface area contributed by atoms with Crippen LogP contribution in [0, 0.1) is 0 Å². The zero-order valence-corrected chi connectivity index (χ0v) is 10.4. The first-order valence-electron chi connectivity index (χ1n) is 3.01. The van der Waals surface area contributed by atoms with Crippen molar-refractivity contribution in [3.63, 3.8) is 0 Å². The van der Waals surface area contributed by atoms with E-state index in [1.807, 2.05) is 0 Å². The van der Waals surface area contributed by atoms with Gasteiger partial charge in [-0.05, 0) is 0 Å². The molecule has 1 N–H and O–H groups in total. The third kappa shape index (κ3) is 40.3. The fourth-order valence-corrected chi connectivity index (χ4v) is 0.118. The minimum atomic E-state index is -1.63. The summed E-state index contributed by atoms with van der Waals surface area (Å²) < 4.78 is 0. The molecule has 0 amide bonds. The van der Waals surface area contributed by atoms with Gasteiger partial charge in [-0.25, -0.2) is 0 Å². The fourth-order valence-electron chi connectivity index (χ4n) is 0.118. The standard InChI is InChI=1S/C3H4O4.C3H6O2.Li.Na/c4-2(5)1-3(6)7;1-2-3(4)5;;/h1H2,(H,4,5)(H,6,7);2H2,1H3,(H,4,5);;/q;;2*+1/p-2. The van der Waals surface area contributed by atoms with E-state index in [1.54, 1.807) is 6.92 Å². The molecule has 6 nitrogen and oxygen atoms in total. The predicted octanol–water partition coefficient (Wildman–Crippen LogP) is -8.63. The summed E-state index contributed by atoms with van der Waals surface area (Å²) in [5, 5.41) is 26.3. The first kappa shape index (κ1) is 23.7. The third-order valence-corrected chi connectivity index (χ3v) is 0.591. The molecule has 0 saturated carbocycles. The van der Waals surface area contributed by atoms with Crippen molar-refractivity contribution in [3.05, 3.63) is 0 Å². The zero-order chi connectivity index (χ0) is 10.1. The van der Waals surface area contributed by atoms with Crippen LogP contribution in [0.15, 0.2) is 0 Å². The summed E-state index contributed by atoms with van der Waals surface area (Å²) in [5.74, 6) is -4.00. The van der Waals surface area contributed by atoms with Gasteiger partial charge in [0.15, 0.2) is 0 Å². The number of carbonyl (C=O) groups is 3. The van der Waals surface area contributed by atoms with Crippen molar-refractivity contribution in [2.45, 2.75) is 19.8 Å². The summed E-state index contributed by atoms with van der Waals surface area (Å²) >= 11 is 0. The summed E-state index contributed by atoms with van der Waals surface area (Å²) in [7, 11) is 0. The molecule has 0 heterocycles. The van der Waals surface area contributed by atoms with E-state index in [1.165, 1.54) is 0 Å². The molecule has 0 aliphatic carbocycles. The van der Waals surface area contributed by atoms with Crippen LogP contribution in [-0.2, 0) is 14.4 Å². The maximum atomic E-state index is 9.37. The van der Waals surface area contributed by atoms with Crippen LogP contribution in [0.3, 0.4) is 0 Å². The molecule has 0 aromatic heterocycles. The number of hydrogen-bond acceptors (Lipinski definition) is 5. The van der Waals surface area contributed by atoms with Gasteiger partial charge in [0, 0.05) is 24.8 Å². The molecule has 0 aliphatic heterocycles. The number of hydrogen-bond donors (Lipinski definition) is 1. The van der Waals surface area contributed by atoms with Gasteiger partial charge in [0.05, 0.1) is 0 Å². The van der Waals surface area contributed by atoms with Gasteiger partial charge in [-0.3, -0.25) is 4.79 Å². The van der Waals surface area contributed by atoms with Gasteiger partial charge in [0.25, 0.3) is 0 Å². The number of aliphatic carboxylic acids is 3. The van der Waals surface area contributed by atoms with Crippen molar-refractivity contribution in [1.29, 1.82) is 0 Å². The van der Waals surface area contributed by atoms with Crippen LogP contribution in [0.25, 0.3) is 0 Å². The Kier molecular flexibility index (Phi) is 26.2. The second-order valence-corrected chi connectivity index (χ2v) is 1.67. The van der Waals surface area contributed by atoms with Gasteiger partial charge < -0.3 is 24.9 Å². The molecule has 0 saturated heterocycles. The number of carboxylic acids is 3. The Morgan fingerprint density at radius 1 is 1.14 bits per heavy atom. The summed E-state index contributed by atoms with van der Waals surface area (Å²) in [4.78, 5) is 27.9. The van der Waals surface area contributed by atoms with Crippen molar-refractivity contribution < 1.29 is 78.1 Å². The van der Waals surface area contributed by atoms with E-state index in [2.05, 4.69) is 0 Å². The summed E-state index contributed by atoms with van der Waals surface area (Å²) in [6.07, 6.45) is -0.806. The van der Waals surface area contributed by atoms with Crippen LogP contribution < -0.4 is 58.6 Å². The molecule has 0 radical (unpaired) electrons. The molecule has 14 heavy (non-hydrogen) atoms. The third-order valence-electron chi connectivity index (χ3n) is 0.591. The van der Waals surface area contributed by atoms with Crippen LogP contribution in [0.2, 0.25) is 0 Å². The minimum absolute atomic E-state index is 0. The maximum absolute atomic E-state index is 9.37. The largest absolute Gasteiger partial charge is 1.00 e. The zero-order valence-electron chi connectivity index (χ0n) is 8.40. The normalized spacial score (nSPS) is 6.64. The van der Waals surface area contributed by atoms with Crippen LogP contribution in [0.1, 0.15) is 19.8 Å². The Balaban J connectivity index is -0.0000000651. The smallest absolute Gasteiger partial charge is 0.550 e. The SMILES string of the molecule is CCC(=O)O.O=C([O-])CC(=O)[O-].[Li+].[Na+]. The Bertz CT molecular complexity index is 171. The molecule has 0 aromatic rings.